The largest absolute Gasteiger partial charge is 0.330 e. The predicted octanol–water partition coefficient (Wildman–Crippen LogP) is 2.53. The van der Waals surface area contributed by atoms with E-state index in [1.165, 1.54) is 6.07 Å². The van der Waals surface area contributed by atoms with E-state index >= 15 is 0 Å². The first-order chi connectivity index (χ1) is 9.60. The summed E-state index contributed by atoms with van der Waals surface area (Å²) < 4.78 is 15.9. The molecule has 1 heterocycles. The second-order valence-corrected chi connectivity index (χ2v) is 4.75. The molecule has 1 aromatic heterocycles. The number of benzene rings is 1. The Labute approximate surface area is 119 Å². The molecule has 0 fully saturated rings. The molecule has 108 valence electrons. The fourth-order valence-corrected chi connectivity index (χ4v) is 2.57. The van der Waals surface area contributed by atoms with Crippen LogP contribution in [0.25, 0.3) is 0 Å². The smallest absolute Gasteiger partial charge is 0.146 e. The van der Waals surface area contributed by atoms with E-state index in [-0.39, 0.29) is 5.82 Å². The third kappa shape index (κ3) is 2.54. The van der Waals surface area contributed by atoms with Gasteiger partial charge in [-0.2, -0.15) is 5.10 Å². The third-order valence-corrected chi connectivity index (χ3v) is 3.42. The van der Waals surface area contributed by atoms with Gasteiger partial charge in [0.1, 0.15) is 11.6 Å². The number of nitrogens with zero attached hydrogens (tertiary/aromatic N) is 3. The Balaban J connectivity index is 2.55. The van der Waals surface area contributed by atoms with E-state index in [1.54, 1.807) is 16.8 Å². The first-order valence-electron chi connectivity index (χ1n) is 6.84. The lowest BCUT2D eigenvalue weighted by Crippen LogP contribution is -2.22. The Kier molecular flexibility index (Phi) is 4.39. The summed E-state index contributed by atoms with van der Waals surface area (Å²) in [6, 6.07) is 6.80. The van der Waals surface area contributed by atoms with Crippen LogP contribution >= 0.6 is 0 Å². The number of anilines is 2. The van der Waals surface area contributed by atoms with Crippen LogP contribution in [-0.4, -0.2) is 22.9 Å². The molecule has 5 heteroatoms. The summed E-state index contributed by atoms with van der Waals surface area (Å²) in [5.41, 5.74) is 8.28. The summed E-state index contributed by atoms with van der Waals surface area (Å²) in [4.78, 5) is 1.94. The van der Waals surface area contributed by atoms with Gasteiger partial charge in [-0.15, -0.1) is 0 Å². The Bertz CT molecular complexity index is 592. The fraction of sp³-hybridized carbons (Fsp3) is 0.400. The Morgan fingerprint density at radius 3 is 2.65 bits per heavy atom. The van der Waals surface area contributed by atoms with Crippen LogP contribution in [-0.2, 0) is 13.5 Å². The van der Waals surface area contributed by atoms with Crippen LogP contribution in [0.15, 0.2) is 24.3 Å². The van der Waals surface area contributed by atoms with Gasteiger partial charge in [-0.05, 0) is 38.9 Å². The van der Waals surface area contributed by atoms with Gasteiger partial charge in [0.25, 0.3) is 0 Å². The predicted molar refractivity (Wildman–Crippen MR) is 79.8 cm³/mol. The highest BCUT2D eigenvalue weighted by molar-refractivity contribution is 5.64. The van der Waals surface area contributed by atoms with Gasteiger partial charge in [0.2, 0.25) is 0 Å². The number of aryl methyl sites for hydroxylation is 2. The van der Waals surface area contributed by atoms with Crippen LogP contribution in [0, 0.1) is 12.7 Å². The molecule has 0 unspecified atom stereocenters. The van der Waals surface area contributed by atoms with Crippen LogP contribution < -0.4 is 10.6 Å². The van der Waals surface area contributed by atoms with Crippen molar-refractivity contribution in [3.05, 3.63) is 41.3 Å². The fourth-order valence-electron chi connectivity index (χ4n) is 2.57. The summed E-state index contributed by atoms with van der Waals surface area (Å²) >= 11 is 0. The van der Waals surface area contributed by atoms with Crippen molar-refractivity contribution in [2.45, 2.75) is 20.3 Å². The number of hydrogen-bond donors (Lipinski definition) is 1. The zero-order valence-corrected chi connectivity index (χ0v) is 12.2. The van der Waals surface area contributed by atoms with Gasteiger partial charge in [0.05, 0.1) is 11.4 Å². The van der Waals surface area contributed by atoms with Crippen LogP contribution in [0.4, 0.5) is 15.9 Å². The normalized spacial score (nSPS) is 10.8. The molecule has 4 nitrogen and oxygen atoms in total. The minimum Gasteiger partial charge on any atom is -0.330 e. The number of halogens is 1. The zero-order chi connectivity index (χ0) is 14.7. The number of aromatic nitrogens is 2. The summed E-state index contributed by atoms with van der Waals surface area (Å²) in [6.45, 7) is 5.18. The topological polar surface area (TPSA) is 47.1 Å². The first kappa shape index (κ1) is 14.5. The lowest BCUT2D eigenvalue weighted by molar-refractivity contribution is 0.623. The average molecular weight is 276 g/mol. The number of nitrogens with two attached hydrogens (primary N) is 1. The van der Waals surface area contributed by atoms with Gasteiger partial charge in [0, 0.05) is 19.2 Å². The Hall–Kier alpha value is -1.88. The summed E-state index contributed by atoms with van der Waals surface area (Å²) in [5, 5.41) is 4.45. The van der Waals surface area contributed by atoms with Gasteiger partial charge in [-0.1, -0.05) is 12.1 Å². The maximum atomic E-state index is 14.1. The second-order valence-electron chi connectivity index (χ2n) is 4.75. The van der Waals surface area contributed by atoms with Crippen molar-refractivity contribution in [3.63, 3.8) is 0 Å². The van der Waals surface area contributed by atoms with E-state index in [9.17, 15) is 4.39 Å². The van der Waals surface area contributed by atoms with Crippen LogP contribution in [0.2, 0.25) is 0 Å². The monoisotopic (exact) mass is 276 g/mol. The molecule has 2 aromatic rings. The molecule has 1 aromatic carbocycles. The first-order valence-corrected chi connectivity index (χ1v) is 6.84. The van der Waals surface area contributed by atoms with Crippen molar-refractivity contribution < 1.29 is 4.39 Å². The van der Waals surface area contributed by atoms with E-state index in [0.717, 1.165) is 23.5 Å². The van der Waals surface area contributed by atoms with Crippen molar-refractivity contribution in [2.75, 3.05) is 18.0 Å². The molecule has 0 saturated heterocycles. The number of rotatable bonds is 5. The maximum Gasteiger partial charge on any atom is 0.146 e. The summed E-state index contributed by atoms with van der Waals surface area (Å²) in [5.74, 6) is 0.687. The molecule has 2 N–H and O–H groups in total. The molecule has 0 aliphatic heterocycles. The third-order valence-electron chi connectivity index (χ3n) is 3.42. The van der Waals surface area contributed by atoms with E-state index in [0.29, 0.717) is 18.8 Å². The molecule has 0 bridgehead atoms. The zero-order valence-electron chi connectivity index (χ0n) is 12.2. The molecule has 0 radical (unpaired) electrons. The quantitative estimate of drug-likeness (QED) is 0.913. The van der Waals surface area contributed by atoms with Crippen LogP contribution in [0.3, 0.4) is 0 Å². The van der Waals surface area contributed by atoms with Crippen molar-refractivity contribution >= 4 is 11.5 Å². The van der Waals surface area contributed by atoms with Crippen LogP contribution in [0.1, 0.15) is 18.2 Å². The van der Waals surface area contributed by atoms with E-state index in [1.807, 2.05) is 31.9 Å². The van der Waals surface area contributed by atoms with Gasteiger partial charge in [-0.25, -0.2) is 4.39 Å². The average Bonchev–Trinajstić information content (AvgIpc) is 2.69. The molecule has 20 heavy (non-hydrogen) atoms. The van der Waals surface area contributed by atoms with Crippen LogP contribution in [0.5, 0.6) is 0 Å². The summed E-state index contributed by atoms with van der Waals surface area (Å²) in [7, 11) is 1.88. The Morgan fingerprint density at radius 2 is 2.05 bits per heavy atom. The lowest BCUT2D eigenvalue weighted by Gasteiger charge is -2.25. The number of hydrogen-bond acceptors (Lipinski definition) is 3. The molecule has 0 aliphatic rings. The molecular weight excluding hydrogens is 255 g/mol. The highest BCUT2D eigenvalue weighted by Crippen LogP contribution is 2.31. The SMILES string of the molecule is CCN(c1ccccc1F)c1c(CCN)c(C)nn1C. The standard InChI is InChI=1S/C15H21FN4/c1-4-20(14-8-6-5-7-13(14)16)15-12(9-10-17)11(2)18-19(15)3/h5-8H,4,9-10,17H2,1-3H3. The molecule has 0 spiro atoms. The van der Waals surface area contributed by atoms with Gasteiger partial charge < -0.3 is 10.6 Å². The highest BCUT2D eigenvalue weighted by Gasteiger charge is 2.20. The molecule has 2 rings (SSSR count). The molecule has 0 amide bonds. The van der Waals surface area contributed by atoms with E-state index < -0.39 is 0 Å². The highest BCUT2D eigenvalue weighted by atomic mass is 19.1. The van der Waals surface area contributed by atoms with Crippen molar-refractivity contribution in [1.29, 1.82) is 0 Å². The minimum absolute atomic E-state index is 0.230. The van der Waals surface area contributed by atoms with Gasteiger partial charge in [0.15, 0.2) is 0 Å². The van der Waals surface area contributed by atoms with E-state index in [2.05, 4.69) is 5.10 Å². The molecule has 0 aliphatic carbocycles. The van der Waals surface area contributed by atoms with Crippen molar-refractivity contribution in [1.82, 2.24) is 9.78 Å². The minimum atomic E-state index is -0.230. The maximum absolute atomic E-state index is 14.1. The summed E-state index contributed by atoms with van der Waals surface area (Å²) in [6.07, 6.45) is 0.736. The molecular formula is C15H21FN4. The van der Waals surface area contributed by atoms with E-state index in [4.69, 9.17) is 5.73 Å². The molecule has 0 atom stereocenters. The molecule has 0 saturated carbocycles. The lowest BCUT2D eigenvalue weighted by atomic mass is 10.1. The Morgan fingerprint density at radius 1 is 1.35 bits per heavy atom. The second kappa shape index (κ2) is 6.05. The van der Waals surface area contributed by atoms with Crippen molar-refractivity contribution in [2.24, 2.45) is 12.8 Å². The van der Waals surface area contributed by atoms with Crippen molar-refractivity contribution in [3.8, 4) is 0 Å². The van der Waals surface area contributed by atoms with Gasteiger partial charge in [-0.3, -0.25) is 4.68 Å². The number of para-hydroxylation sites is 1. The van der Waals surface area contributed by atoms with Gasteiger partial charge >= 0.3 is 0 Å².